The SMILES string of the molecule is N=C(C=Cc1cncc(-c2ccc(=O)n(C3CCCC3)c2)n1)c1ccc(CN2CCCC2)cc1. The van der Waals surface area contributed by atoms with Gasteiger partial charge in [0, 0.05) is 30.4 Å². The number of nitrogens with zero attached hydrogens (tertiary/aromatic N) is 4. The van der Waals surface area contributed by atoms with Crippen molar-refractivity contribution in [3.05, 3.63) is 88.2 Å². The van der Waals surface area contributed by atoms with Gasteiger partial charge in [-0.05, 0) is 68.1 Å². The predicted octanol–water partition coefficient (Wildman–Crippen LogP) is 5.10. The molecule has 3 aromatic rings. The van der Waals surface area contributed by atoms with Crippen molar-refractivity contribution in [3.8, 4) is 11.3 Å². The molecule has 34 heavy (non-hydrogen) atoms. The van der Waals surface area contributed by atoms with Crippen molar-refractivity contribution in [1.29, 1.82) is 5.41 Å². The van der Waals surface area contributed by atoms with Gasteiger partial charge in [-0.3, -0.25) is 14.7 Å². The summed E-state index contributed by atoms with van der Waals surface area (Å²) in [7, 11) is 0. The van der Waals surface area contributed by atoms with E-state index in [1.807, 2.05) is 35.0 Å². The zero-order chi connectivity index (χ0) is 23.3. The summed E-state index contributed by atoms with van der Waals surface area (Å²) >= 11 is 0. The molecule has 1 aromatic carbocycles. The lowest BCUT2D eigenvalue weighted by Crippen LogP contribution is -2.22. The Morgan fingerprint density at radius 2 is 1.76 bits per heavy atom. The number of aromatic nitrogens is 3. The van der Waals surface area contributed by atoms with Crippen molar-refractivity contribution in [2.45, 2.75) is 51.1 Å². The molecular weight excluding hydrogens is 422 g/mol. The summed E-state index contributed by atoms with van der Waals surface area (Å²) in [6.07, 6.45) is 16.0. The molecule has 1 aliphatic carbocycles. The van der Waals surface area contributed by atoms with E-state index in [9.17, 15) is 4.79 Å². The number of rotatable bonds is 7. The maximum Gasteiger partial charge on any atom is 0.250 e. The van der Waals surface area contributed by atoms with Crippen LogP contribution in [-0.4, -0.2) is 38.2 Å². The summed E-state index contributed by atoms with van der Waals surface area (Å²) in [4.78, 5) is 23.9. The van der Waals surface area contributed by atoms with Crippen LogP contribution in [0.2, 0.25) is 0 Å². The third-order valence-electron chi connectivity index (χ3n) is 6.90. The Morgan fingerprint density at radius 3 is 2.53 bits per heavy atom. The fourth-order valence-electron chi connectivity index (χ4n) is 4.98. The van der Waals surface area contributed by atoms with Crippen LogP contribution in [0.5, 0.6) is 0 Å². The standard InChI is InChI=1S/C28H31N5O/c29-26(22-9-7-21(8-10-22)19-32-15-3-4-16-32)13-12-24-17-30-18-27(31-24)23-11-14-28(34)33(20-23)25-5-1-2-6-25/h7-14,17-18,20,25,29H,1-6,15-16,19H2. The molecule has 1 N–H and O–H groups in total. The highest BCUT2D eigenvalue weighted by Gasteiger charge is 2.18. The number of hydrogen-bond acceptors (Lipinski definition) is 5. The first kappa shape index (κ1) is 22.4. The van der Waals surface area contributed by atoms with E-state index in [-0.39, 0.29) is 11.6 Å². The first-order chi connectivity index (χ1) is 16.7. The fourth-order valence-corrected chi connectivity index (χ4v) is 4.98. The lowest BCUT2D eigenvalue weighted by molar-refractivity contribution is 0.331. The van der Waals surface area contributed by atoms with Crippen molar-refractivity contribution in [1.82, 2.24) is 19.4 Å². The first-order valence-electron chi connectivity index (χ1n) is 12.3. The predicted molar refractivity (Wildman–Crippen MR) is 136 cm³/mol. The number of benzene rings is 1. The topological polar surface area (TPSA) is 74.9 Å². The molecule has 0 atom stereocenters. The summed E-state index contributed by atoms with van der Waals surface area (Å²) in [5, 5.41) is 8.45. The van der Waals surface area contributed by atoms with Crippen LogP contribution in [0.25, 0.3) is 17.3 Å². The molecule has 174 valence electrons. The molecular formula is C28H31N5O. The van der Waals surface area contributed by atoms with Crippen molar-refractivity contribution >= 4 is 11.8 Å². The third-order valence-corrected chi connectivity index (χ3v) is 6.90. The normalized spacial score (nSPS) is 17.1. The van der Waals surface area contributed by atoms with Crippen LogP contribution in [0.3, 0.4) is 0 Å². The Bertz CT molecular complexity index is 1230. The molecule has 2 fully saturated rings. The van der Waals surface area contributed by atoms with Gasteiger partial charge >= 0.3 is 0 Å². The van der Waals surface area contributed by atoms with Gasteiger partial charge in [0.1, 0.15) is 0 Å². The lowest BCUT2D eigenvalue weighted by atomic mass is 10.1. The first-order valence-corrected chi connectivity index (χ1v) is 12.3. The summed E-state index contributed by atoms with van der Waals surface area (Å²) in [6.45, 7) is 3.35. The summed E-state index contributed by atoms with van der Waals surface area (Å²) in [5.41, 5.74) is 4.96. The van der Waals surface area contributed by atoms with Gasteiger partial charge in [-0.1, -0.05) is 37.1 Å². The highest BCUT2D eigenvalue weighted by atomic mass is 16.1. The van der Waals surface area contributed by atoms with Crippen molar-refractivity contribution < 1.29 is 0 Å². The number of hydrogen-bond donors (Lipinski definition) is 1. The quantitative estimate of drug-likeness (QED) is 0.505. The second-order valence-electron chi connectivity index (χ2n) is 9.36. The second kappa shape index (κ2) is 10.3. The lowest BCUT2D eigenvalue weighted by Gasteiger charge is -2.14. The number of allylic oxidation sites excluding steroid dienone is 1. The van der Waals surface area contributed by atoms with E-state index in [4.69, 9.17) is 10.4 Å². The maximum atomic E-state index is 12.4. The van der Waals surface area contributed by atoms with E-state index in [1.165, 1.54) is 44.3 Å². The zero-order valence-electron chi connectivity index (χ0n) is 19.5. The molecule has 1 aliphatic heterocycles. The minimum absolute atomic E-state index is 0.0413. The molecule has 6 heteroatoms. The molecule has 0 spiro atoms. The number of nitrogens with one attached hydrogen (secondary N) is 1. The molecule has 1 saturated heterocycles. The minimum Gasteiger partial charge on any atom is -0.312 e. The Kier molecular flexibility index (Phi) is 6.77. The Morgan fingerprint density at radius 1 is 1.00 bits per heavy atom. The van der Waals surface area contributed by atoms with Gasteiger partial charge in [0.25, 0.3) is 5.56 Å². The molecule has 0 unspecified atom stereocenters. The van der Waals surface area contributed by atoms with Gasteiger partial charge in [0.15, 0.2) is 0 Å². The van der Waals surface area contributed by atoms with Crippen LogP contribution in [0.4, 0.5) is 0 Å². The Balaban J connectivity index is 1.28. The largest absolute Gasteiger partial charge is 0.312 e. The average Bonchev–Trinajstić information content (AvgIpc) is 3.58. The van der Waals surface area contributed by atoms with Crippen LogP contribution in [0, 0.1) is 5.41 Å². The molecule has 0 amide bonds. The van der Waals surface area contributed by atoms with E-state index in [1.54, 1.807) is 24.5 Å². The number of likely N-dealkylation sites (tertiary alicyclic amines) is 1. The van der Waals surface area contributed by atoms with Crippen molar-refractivity contribution in [2.24, 2.45) is 0 Å². The molecule has 2 aliphatic rings. The summed E-state index contributed by atoms with van der Waals surface area (Å²) in [6, 6.07) is 12.0. The molecule has 5 rings (SSSR count). The van der Waals surface area contributed by atoms with E-state index in [0.717, 1.165) is 36.2 Å². The molecule has 0 bridgehead atoms. The zero-order valence-corrected chi connectivity index (χ0v) is 19.5. The molecule has 3 heterocycles. The van der Waals surface area contributed by atoms with Crippen molar-refractivity contribution in [3.63, 3.8) is 0 Å². The second-order valence-corrected chi connectivity index (χ2v) is 9.36. The summed E-state index contributed by atoms with van der Waals surface area (Å²) in [5.74, 6) is 0. The van der Waals surface area contributed by atoms with Gasteiger partial charge < -0.3 is 9.98 Å². The highest BCUT2D eigenvalue weighted by Crippen LogP contribution is 2.29. The number of pyridine rings is 1. The smallest absolute Gasteiger partial charge is 0.250 e. The van der Waals surface area contributed by atoms with E-state index in [2.05, 4.69) is 22.0 Å². The van der Waals surface area contributed by atoms with Gasteiger partial charge in [-0.2, -0.15) is 0 Å². The van der Waals surface area contributed by atoms with E-state index >= 15 is 0 Å². The fraction of sp³-hybridized carbons (Fsp3) is 0.357. The van der Waals surface area contributed by atoms with Crippen molar-refractivity contribution in [2.75, 3.05) is 13.1 Å². The van der Waals surface area contributed by atoms with Gasteiger partial charge in [0.05, 0.1) is 29.5 Å². The van der Waals surface area contributed by atoms with Gasteiger partial charge in [-0.15, -0.1) is 0 Å². The van der Waals surface area contributed by atoms with Crippen LogP contribution in [-0.2, 0) is 6.54 Å². The average molecular weight is 454 g/mol. The van der Waals surface area contributed by atoms with Crippen LogP contribution < -0.4 is 5.56 Å². The molecule has 1 saturated carbocycles. The van der Waals surface area contributed by atoms with Gasteiger partial charge in [-0.25, -0.2) is 4.98 Å². The monoisotopic (exact) mass is 453 g/mol. The third kappa shape index (κ3) is 5.23. The summed E-state index contributed by atoms with van der Waals surface area (Å²) < 4.78 is 1.86. The molecule has 2 aromatic heterocycles. The van der Waals surface area contributed by atoms with Crippen LogP contribution >= 0.6 is 0 Å². The van der Waals surface area contributed by atoms with E-state index in [0.29, 0.717) is 11.4 Å². The molecule has 6 nitrogen and oxygen atoms in total. The van der Waals surface area contributed by atoms with Crippen LogP contribution in [0.15, 0.2) is 65.9 Å². The Hall–Kier alpha value is -3.38. The van der Waals surface area contributed by atoms with E-state index < -0.39 is 0 Å². The van der Waals surface area contributed by atoms with Crippen LogP contribution in [0.1, 0.15) is 61.4 Å². The van der Waals surface area contributed by atoms with Gasteiger partial charge in [0.2, 0.25) is 0 Å². The highest BCUT2D eigenvalue weighted by molar-refractivity contribution is 6.08. The Labute approximate surface area is 200 Å². The maximum absolute atomic E-state index is 12.4. The molecule has 0 radical (unpaired) electrons. The minimum atomic E-state index is 0.0413.